The first kappa shape index (κ1) is 14.9. The van der Waals surface area contributed by atoms with E-state index in [2.05, 4.69) is 0 Å². The number of benzene rings is 2. The van der Waals surface area contributed by atoms with Crippen LogP contribution < -0.4 is 0 Å². The zero-order valence-electron chi connectivity index (χ0n) is 11.1. The van der Waals surface area contributed by atoms with Gasteiger partial charge in [0.15, 0.2) is 0 Å². The number of nitrogens with zero attached hydrogens (tertiary/aromatic N) is 1. The molecule has 1 fully saturated rings. The minimum absolute atomic E-state index is 0.160. The summed E-state index contributed by atoms with van der Waals surface area (Å²) in [7, 11) is -3.50. The molecule has 6 heteroatoms. The number of hydrogen-bond acceptors (Lipinski definition) is 3. The molecule has 0 spiro atoms. The summed E-state index contributed by atoms with van der Waals surface area (Å²) in [6.45, 7) is 0.523. The molecular formula is C15H14ClNO2S2. The molecule has 3 nitrogen and oxygen atoms in total. The number of hydrogen-bond donors (Lipinski definition) is 0. The lowest BCUT2D eigenvalue weighted by Gasteiger charge is -2.23. The van der Waals surface area contributed by atoms with Gasteiger partial charge in [-0.25, -0.2) is 8.42 Å². The SMILES string of the molecule is O=S(=O)(c1ccc(Cl)cc1)N1CCSC1c1ccccc1. The average molecular weight is 340 g/mol. The second-order valence-electron chi connectivity index (χ2n) is 4.70. The van der Waals surface area contributed by atoms with Crippen molar-refractivity contribution in [3.05, 3.63) is 65.2 Å². The molecule has 2 aromatic carbocycles. The number of thioether (sulfide) groups is 1. The van der Waals surface area contributed by atoms with Gasteiger partial charge in [0.2, 0.25) is 10.0 Å². The van der Waals surface area contributed by atoms with E-state index in [-0.39, 0.29) is 10.3 Å². The maximum Gasteiger partial charge on any atom is 0.244 e. The van der Waals surface area contributed by atoms with E-state index in [1.54, 1.807) is 40.3 Å². The summed E-state index contributed by atoms with van der Waals surface area (Å²) in [5.41, 5.74) is 1.01. The second kappa shape index (κ2) is 6.01. The zero-order valence-corrected chi connectivity index (χ0v) is 13.5. The van der Waals surface area contributed by atoms with Crippen LogP contribution in [0.2, 0.25) is 5.02 Å². The molecule has 21 heavy (non-hydrogen) atoms. The maximum atomic E-state index is 12.8. The number of sulfonamides is 1. The lowest BCUT2D eigenvalue weighted by molar-refractivity contribution is 0.434. The van der Waals surface area contributed by atoms with Crippen LogP contribution in [0.15, 0.2) is 59.5 Å². The van der Waals surface area contributed by atoms with Gasteiger partial charge in [-0.2, -0.15) is 4.31 Å². The molecule has 0 aromatic heterocycles. The van der Waals surface area contributed by atoms with Crippen LogP contribution in [0.4, 0.5) is 0 Å². The van der Waals surface area contributed by atoms with Crippen molar-refractivity contribution in [3.8, 4) is 0 Å². The molecule has 2 aromatic rings. The van der Waals surface area contributed by atoms with Crippen LogP contribution in [-0.4, -0.2) is 25.0 Å². The molecule has 0 radical (unpaired) electrons. The van der Waals surface area contributed by atoms with Crippen LogP contribution in [0, 0.1) is 0 Å². The van der Waals surface area contributed by atoms with Crippen molar-refractivity contribution in [2.24, 2.45) is 0 Å². The van der Waals surface area contributed by atoms with Gasteiger partial charge in [0.05, 0.1) is 10.3 Å². The Bertz CT molecular complexity index is 717. The molecular weight excluding hydrogens is 326 g/mol. The summed E-state index contributed by atoms with van der Waals surface area (Å²) in [6.07, 6.45) is 0. The van der Waals surface area contributed by atoms with Gasteiger partial charge in [-0.15, -0.1) is 11.8 Å². The molecule has 1 aliphatic heterocycles. The van der Waals surface area contributed by atoms with Crippen molar-refractivity contribution in [2.45, 2.75) is 10.3 Å². The summed E-state index contributed by atoms with van der Waals surface area (Å²) in [5.74, 6) is 0.798. The predicted octanol–water partition coefficient (Wildman–Crippen LogP) is 3.78. The first-order valence-electron chi connectivity index (χ1n) is 6.53. The van der Waals surface area contributed by atoms with E-state index in [0.717, 1.165) is 11.3 Å². The largest absolute Gasteiger partial charge is 0.244 e. The summed E-state index contributed by atoms with van der Waals surface area (Å²) in [4.78, 5) is 0.287. The fourth-order valence-corrected chi connectivity index (χ4v) is 5.69. The summed E-state index contributed by atoms with van der Waals surface area (Å²) >= 11 is 7.48. The summed E-state index contributed by atoms with van der Waals surface area (Å²) in [6, 6.07) is 16.1. The van der Waals surface area contributed by atoms with E-state index >= 15 is 0 Å². The van der Waals surface area contributed by atoms with E-state index in [4.69, 9.17) is 11.6 Å². The Hall–Kier alpha value is -1.01. The molecule has 1 atom stereocenters. The Morgan fingerprint density at radius 3 is 2.38 bits per heavy atom. The van der Waals surface area contributed by atoms with Crippen molar-refractivity contribution >= 4 is 33.4 Å². The normalized spacial score (nSPS) is 19.8. The monoisotopic (exact) mass is 339 g/mol. The Labute approximate surface area is 134 Å². The van der Waals surface area contributed by atoms with E-state index < -0.39 is 10.0 Å². The summed E-state index contributed by atoms with van der Waals surface area (Å²) < 4.78 is 27.2. The number of rotatable bonds is 3. The standard InChI is InChI=1S/C15H14ClNO2S2/c16-13-6-8-14(9-7-13)21(18,19)17-10-11-20-15(17)12-4-2-1-3-5-12/h1-9,15H,10-11H2. The Morgan fingerprint density at radius 2 is 1.71 bits per heavy atom. The van der Waals surface area contributed by atoms with Gasteiger partial charge in [0.25, 0.3) is 0 Å². The van der Waals surface area contributed by atoms with Crippen molar-refractivity contribution < 1.29 is 8.42 Å². The second-order valence-corrected chi connectivity index (χ2v) is 8.22. The van der Waals surface area contributed by atoms with Crippen LogP contribution in [0.5, 0.6) is 0 Å². The Balaban J connectivity index is 1.96. The lowest BCUT2D eigenvalue weighted by Crippen LogP contribution is -2.30. The van der Waals surface area contributed by atoms with Gasteiger partial charge >= 0.3 is 0 Å². The minimum atomic E-state index is -3.50. The zero-order chi connectivity index (χ0) is 14.9. The van der Waals surface area contributed by atoms with Crippen LogP contribution >= 0.6 is 23.4 Å². The van der Waals surface area contributed by atoms with Crippen molar-refractivity contribution in [3.63, 3.8) is 0 Å². The van der Waals surface area contributed by atoms with Crippen LogP contribution in [0.1, 0.15) is 10.9 Å². The van der Waals surface area contributed by atoms with E-state index in [1.807, 2.05) is 30.3 Å². The molecule has 0 N–H and O–H groups in total. The fraction of sp³-hybridized carbons (Fsp3) is 0.200. The topological polar surface area (TPSA) is 37.4 Å². The highest BCUT2D eigenvalue weighted by molar-refractivity contribution is 8.01. The quantitative estimate of drug-likeness (QED) is 0.854. The third-order valence-electron chi connectivity index (χ3n) is 3.35. The van der Waals surface area contributed by atoms with Gasteiger partial charge in [-0.3, -0.25) is 0 Å². The molecule has 1 saturated heterocycles. The van der Waals surface area contributed by atoms with Gasteiger partial charge < -0.3 is 0 Å². The first-order valence-corrected chi connectivity index (χ1v) is 9.40. The molecule has 0 aliphatic carbocycles. The fourth-order valence-electron chi connectivity index (χ4n) is 2.32. The molecule has 0 saturated carbocycles. The Morgan fingerprint density at radius 1 is 1.05 bits per heavy atom. The first-order chi connectivity index (χ1) is 10.1. The highest BCUT2D eigenvalue weighted by atomic mass is 35.5. The molecule has 0 bridgehead atoms. The molecule has 1 heterocycles. The van der Waals surface area contributed by atoms with Gasteiger partial charge in [0.1, 0.15) is 0 Å². The van der Waals surface area contributed by atoms with Crippen molar-refractivity contribution in [1.29, 1.82) is 0 Å². The van der Waals surface area contributed by atoms with E-state index in [9.17, 15) is 8.42 Å². The van der Waals surface area contributed by atoms with Gasteiger partial charge in [-0.1, -0.05) is 41.9 Å². The van der Waals surface area contributed by atoms with E-state index in [0.29, 0.717) is 11.6 Å². The highest BCUT2D eigenvalue weighted by Crippen LogP contribution is 2.41. The summed E-state index contributed by atoms with van der Waals surface area (Å²) in [5, 5.41) is 0.372. The molecule has 1 unspecified atom stereocenters. The molecule has 0 amide bonds. The lowest BCUT2D eigenvalue weighted by atomic mass is 10.2. The van der Waals surface area contributed by atoms with Crippen LogP contribution in [0.3, 0.4) is 0 Å². The predicted molar refractivity (Wildman–Crippen MR) is 87.0 cm³/mol. The maximum absolute atomic E-state index is 12.8. The Kier molecular flexibility index (Phi) is 4.26. The highest BCUT2D eigenvalue weighted by Gasteiger charge is 2.36. The third kappa shape index (κ3) is 2.97. The average Bonchev–Trinajstić information content (AvgIpc) is 2.99. The van der Waals surface area contributed by atoms with Crippen molar-refractivity contribution in [2.75, 3.05) is 12.3 Å². The van der Waals surface area contributed by atoms with Gasteiger partial charge in [-0.05, 0) is 29.8 Å². The number of halogens is 1. The van der Waals surface area contributed by atoms with Crippen LogP contribution in [0.25, 0.3) is 0 Å². The smallest absolute Gasteiger partial charge is 0.207 e. The van der Waals surface area contributed by atoms with Gasteiger partial charge in [0, 0.05) is 17.3 Å². The van der Waals surface area contributed by atoms with Crippen molar-refractivity contribution in [1.82, 2.24) is 4.31 Å². The molecule has 110 valence electrons. The molecule has 1 aliphatic rings. The third-order valence-corrected chi connectivity index (χ3v) is 6.88. The van der Waals surface area contributed by atoms with E-state index in [1.165, 1.54) is 0 Å². The molecule has 3 rings (SSSR count). The minimum Gasteiger partial charge on any atom is -0.207 e. The van der Waals surface area contributed by atoms with Crippen LogP contribution in [-0.2, 0) is 10.0 Å².